The van der Waals surface area contributed by atoms with Gasteiger partial charge in [0.2, 0.25) is 0 Å². The number of unbranched alkanes of at least 4 members (excludes halogenated alkanes) is 2. The fraction of sp³-hybridized carbons (Fsp3) is 0.471. The average molecular weight is 345 g/mol. The Morgan fingerprint density at radius 3 is 2.36 bits per heavy atom. The Balaban J connectivity index is 2.86. The number of ether oxygens (including phenoxy) is 2. The first kappa shape index (κ1) is 18.9. The Bertz CT molecular complexity index is 516. The summed E-state index contributed by atoms with van der Waals surface area (Å²) < 4.78 is 10.5. The van der Waals surface area contributed by atoms with Crippen LogP contribution >= 0.6 is 23.2 Å². The lowest BCUT2D eigenvalue weighted by Gasteiger charge is -2.12. The van der Waals surface area contributed by atoms with E-state index in [0.29, 0.717) is 29.0 Å². The van der Waals surface area contributed by atoms with E-state index in [1.165, 1.54) is 6.08 Å². The molecule has 0 spiro atoms. The van der Waals surface area contributed by atoms with Crippen molar-refractivity contribution in [2.45, 2.75) is 40.0 Å². The number of halogens is 2. The van der Waals surface area contributed by atoms with Crippen molar-refractivity contribution in [3.8, 4) is 5.75 Å². The van der Waals surface area contributed by atoms with Crippen molar-refractivity contribution in [3.63, 3.8) is 0 Å². The Morgan fingerprint density at radius 2 is 1.82 bits per heavy atom. The number of hydrogen-bond donors (Lipinski definition) is 0. The van der Waals surface area contributed by atoms with Gasteiger partial charge in [-0.15, -0.1) is 0 Å². The third-order valence-corrected chi connectivity index (χ3v) is 3.63. The molecular weight excluding hydrogens is 323 g/mol. The molecule has 0 heterocycles. The smallest absolute Gasteiger partial charge is 0.331 e. The summed E-state index contributed by atoms with van der Waals surface area (Å²) in [6, 6.07) is 3.49. The maximum atomic E-state index is 11.5. The van der Waals surface area contributed by atoms with E-state index in [9.17, 15) is 4.79 Å². The molecule has 0 saturated carbocycles. The van der Waals surface area contributed by atoms with Gasteiger partial charge in [-0.1, -0.05) is 43.0 Å². The quantitative estimate of drug-likeness (QED) is 0.353. The Labute approximate surface area is 142 Å². The van der Waals surface area contributed by atoms with E-state index in [0.717, 1.165) is 30.4 Å². The van der Waals surface area contributed by atoms with Crippen LogP contribution in [0, 0.1) is 0 Å². The van der Waals surface area contributed by atoms with Crippen LogP contribution in [0.15, 0.2) is 18.2 Å². The fourth-order valence-electron chi connectivity index (χ4n) is 1.90. The maximum absolute atomic E-state index is 11.5. The second kappa shape index (κ2) is 9.75. The summed E-state index contributed by atoms with van der Waals surface area (Å²) in [7, 11) is 0. The molecule has 0 atom stereocenters. The molecule has 0 fully saturated rings. The molecule has 0 saturated heterocycles. The van der Waals surface area contributed by atoms with E-state index in [4.69, 9.17) is 32.7 Å². The normalized spacial score (nSPS) is 11.4. The molecule has 0 aliphatic heterocycles. The number of carbonyl (C=O) groups is 1. The van der Waals surface area contributed by atoms with Gasteiger partial charge in [-0.3, -0.25) is 0 Å². The van der Waals surface area contributed by atoms with Gasteiger partial charge in [0.15, 0.2) is 5.75 Å². The predicted octanol–water partition coefficient (Wildman–Crippen LogP) is 5.53. The third-order valence-electron chi connectivity index (χ3n) is 3.07. The molecule has 0 unspecified atom stereocenters. The highest BCUT2D eigenvalue weighted by atomic mass is 35.5. The lowest BCUT2D eigenvalue weighted by Crippen LogP contribution is -2.01. The lowest BCUT2D eigenvalue weighted by molar-refractivity contribution is -0.137. The van der Waals surface area contributed by atoms with E-state index in [1.54, 1.807) is 26.0 Å². The van der Waals surface area contributed by atoms with E-state index in [2.05, 4.69) is 6.92 Å². The van der Waals surface area contributed by atoms with Gasteiger partial charge in [0.05, 0.1) is 23.3 Å². The number of rotatable bonds is 8. The molecular formula is C17H22Cl2O3. The van der Waals surface area contributed by atoms with E-state index in [-0.39, 0.29) is 5.97 Å². The molecule has 22 heavy (non-hydrogen) atoms. The molecule has 0 radical (unpaired) electrons. The Hall–Kier alpha value is -1.19. The summed E-state index contributed by atoms with van der Waals surface area (Å²) in [6.45, 7) is 6.63. The van der Waals surface area contributed by atoms with Crippen LogP contribution in [0.3, 0.4) is 0 Å². The van der Waals surface area contributed by atoms with Crippen molar-refractivity contribution < 1.29 is 14.3 Å². The van der Waals surface area contributed by atoms with E-state index < -0.39 is 0 Å². The van der Waals surface area contributed by atoms with Crippen molar-refractivity contribution in [1.82, 2.24) is 0 Å². The molecule has 0 amide bonds. The van der Waals surface area contributed by atoms with Crippen LogP contribution in [0.25, 0.3) is 5.57 Å². The molecule has 1 aromatic carbocycles. The monoisotopic (exact) mass is 344 g/mol. The van der Waals surface area contributed by atoms with Gasteiger partial charge in [0, 0.05) is 6.08 Å². The second-order valence-electron chi connectivity index (χ2n) is 4.90. The number of hydrogen-bond acceptors (Lipinski definition) is 3. The maximum Gasteiger partial charge on any atom is 0.331 e. The average Bonchev–Trinajstić information content (AvgIpc) is 2.45. The number of carbonyl (C=O) groups excluding carboxylic acids is 1. The van der Waals surface area contributed by atoms with Crippen molar-refractivity contribution in [2.24, 2.45) is 0 Å². The zero-order chi connectivity index (χ0) is 16.5. The largest absolute Gasteiger partial charge is 0.490 e. The number of benzene rings is 1. The minimum atomic E-state index is -0.382. The van der Waals surface area contributed by atoms with Crippen LogP contribution < -0.4 is 4.74 Å². The van der Waals surface area contributed by atoms with E-state index in [1.807, 2.05) is 0 Å². The molecule has 1 rings (SSSR count). The van der Waals surface area contributed by atoms with Gasteiger partial charge in [-0.2, -0.15) is 0 Å². The predicted molar refractivity (Wildman–Crippen MR) is 91.8 cm³/mol. The SMILES string of the molecule is CCCCCOc1c(Cl)cc(C(C)=CC(=O)OCC)cc1Cl. The highest BCUT2D eigenvalue weighted by Crippen LogP contribution is 2.36. The van der Waals surface area contributed by atoms with E-state index >= 15 is 0 Å². The highest BCUT2D eigenvalue weighted by molar-refractivity contribution is 6.37. The molecule has 122 valence electrons. The first-order valence-corrected chi connectivity index (χ1v) is 8.22. The minimum Gasteiger partial charge on any atom is -0.490 e. The first-order chi connectivity index (χ1) is 10.5. The van der Waals surface area contributed by atoms with Crippen LogP contribution in [0.5, 0.6) is 5.75 Å². The molecule has 3 nitrogen and oxygen atoms in total. The molecule has 5 heteroatoms. The Kier molecular flexibility index (Phi) is 8.36. The summed E-state index contributed by atoms with van der Waals surface area (Å²) in [5.41, 5.74) is 1.50. The summed E-state index contributed by atoms with van der Waals surface area (Å²) in [6.07, 6.45) is 4.62. The molecule has 1 aromatic rings. The highest BCUT2D eigenvalue weighted by Gasteiger charge is 2.11. The van der Waals surface area contributed by atoms with Crippen molar-refractivity contribution in [2.75, 3.05) is 13.2 Å². The van der Waals surface area contributed by atoms with Crippen LogP contribution in [-0.4, -0.2) is 19.2 Å². The molecule has 0 aliphatic carbocycles. The first-order valence-electron chi connectivity index (χ1n) is 7.46. The van der Waals surface area contributed by atoms with Gasteiger partial charge in [0.1, 0.15) is 0 Å². The summed E-state index contributed by atoms with van der Waals surface area (Å²) in [4.78, 5) is 11.5. The minimum absolute atomic E-state index is 0.342. The molecule has 0 N–H and O–H groups in total. The molecule has 0 aromatic heterocycles. The van der Waals surface area contributed by atoms with Crippen molar-refractivity contribution in [1.29, 1.82) is 0 Å². The zero-order valence-corrected chi connectivity index (χ0v) is 14.8. The number of allylic oxidation sites excluding steroid dienone is 1. The molecule has 0 bridgehead atoms. The summed E-state index contributed by atoms with van der Waals surface area (Å²) in [5, 5.41) is 0.881. The van der Waals surface area contributed by atoms with Gasteiger partial charge in [0.25, 0.3) is 0 Å². The van der Waals surface area contributed by atoms with Gasteiger partial charge in [-0.25, -0.2) is 4.79 Å². The lowest BCUT2D eigenvalue weighted by atomic mass is 10.1. The van der Waals surface area contributed by atoms with Gasteiger partial charge in [-0.05, 0) is 43.5 Å². The van der Waals surface area contributed by atoms with Crippen LogP contribution in [-0.2, 0) is 9.53 Å². The topological polar surface area (TPSA) is 35.5 Å². The standard InChI is InChI=1S/C17H22Cl2O3/c1-4-6-7-8-22-17-14(18)10-13(11-15(17)19)12(3)9-16(20)21-5-2/h9-11H,4-8H2,1-3H3. The van der Waals surface area contributed by atoms with Crippen LogP contribution in [0.2, 0.25) is 10.0 Å². The van der Waals surface area contributed by atoms with Gasteiger partial charge >= 0.3 is 5.97 Å². The zero-order valence-electron chi connectivity index (χ0n) is 13.2. The number of esters is 1. The molecule has 0 aliphatic rings. The Morgan fingerprint density at radius 1 is 1.18 bits per heavy atom. The van der Waals surface area contributed by atoms with Crippen LogP contribution in [0.4, 0.5) is 0 Å². The second-order valence-corrected chi connectivity index (χ2v) is 5.72. The summed E-state index contributed by atoms with van der Waals surface area (Å²) >= 11 is 12.5. The fourth-order valence-corrected chi connectivity index (χ4v) is 2.49. The van der Waals surface area contributed by atoms with Gasteiger partial charge < -0.3 is 9.47 Å². The van der Waals surface area contributed by atoms with Crippen molar-refractivity contribution >= 4 is 34.7 Å². The van der Waals surface area contributed by atoms with Crippen molar-refractivity contribution in [3.05, 3.63) is 33.8 Å². The summed E-state index contributed by atoms with van der Waals surface area (Å²) in [5.74, 6) is 0.110. The third kappa shape index (κ3) is 5.90. The van der Waals surface area contributed by atoms with Crippen LogP contribution in [0.1, 0.15) is 45.6 Å².